The molecule has 0 atom stereocenters. The van der Waals surface area contributed by atoms with E-state index in [9.17, 15) is 4.79 Å². The number of benzene rings is 1. The van der Waals surface area contributed by atoms with Crippen LogP contribution in [0.1, 0.15) is 10.4 Å². The van der Waals surface area contributed by atoms with E-state index in [4.69, 9.17) is 9.26 Å². The van der Waals surface area contributed by atoms with Gasteiger partial charge in [0.05, 0.1) is 25.4 Å². The summed E-state index contributed by atoms with van der Waals surface area (Å²) in [4.78, 5) is 20.8. The number of methoxy groups -OCH3 is 1. The highest BCUT2D eigenvalue weighted by Gasteiger charge is 2.15. The minimum atomic E-state index is -0.223. The van der Waals surface area contributed by atoms with E-state index in [1.165, 1.54) is 7.11 Å². The summed E-state index contributed by atoms with van der Waals surface area (Å²) in [7, 11) is 1.53. The molecule has 4 rings (SSSR count). The van der Waals surface area contributed by atoms with Crippen molar-refractivity contribution in [1.82, 2.24) is 35.4 Å². The summed E-state index contributed by atoms with van der Waals surface area (Å²) in [6.07, 6.45) is 3.33. The van der Waals surface area contributed by atoms with Gasteiger partial charge in [-0.15, -0.1) is 5.10 Å². The van der Waals surface area contributed by atoms with Gasteiger partial charge < -0.3 is 14.6 Å². The highest BCUT2D eigenvalue weighted by Crippen LogP contribution is 2.19. The number of hydrogen-bond donors (Lipinski definition) is 1. The molecule has 1 aromatic carbocycles. The fraction of sp³-hybridized carbons (Fsp3) is 0.158. The predicted octanol–water partition coefficient (Wildman–Crippen LogP) is 1.83. The Morgan fingerprint density at radius 3 is 2.86 bits per heavy atom. The highest BCUT2D eigenvalue weighted by molar-refractivity contribution is 5.96. The van der Waals surface area contributed by atoms with Gasteiger partial charge in [-0.3, -0.25) is 9.78 Å². The second-order valence-electron chi connectivity index (χ2n) is 5.96. The molecule has 3 aromatic heterocycles. The first-order valence-electron chi connectivity index (χ1n) is 8.81. The van der Waals surface area contributed by atoms with Crippen LogP contribution in [0.25, 0.3) is 23.1 Å². The van der Waals surface area contributed by atoms with E-state index in [1.807, 2.05) is 18.2 Å². The van der Waals surface area contributed by atoms with E-state index in [1.54, 1.807) is 41.3 Å². The van der Waals surface area contributed by atoms with E-state index < -0.39 is 0 Å². The lowest BCUT2D eigenvalue weighted by Crippen LogP contribution is -2.27. The average molecular weight is 391 g/mol. The Balaban J connectivity index is 1.36. The predicted molar refractivity (Wildman–Crippen MR) is 102 cm³/mol. The van der Waals surface area contributed by atoms with Crippen molar-refractivity contribution in [1.29, 1.82) is 0 Å². The van der Waals surface area contributed by atoms with Crippen LogP contribution in [0.15, 0.2) is 59.4 Å². The molecule has 29 heavy (non-hydrogen) atoms. The molecule has 10 nitrogen and oxygen atoms in total. The Hall–Kier alpha value is -4.08. The molecule has 0 aliphatic rings. The minimum Gasteiger partial charge on any atom is -0.496 e. The van der Waals surface area contributed by atoms with Crippen LogP contribution in [-0.4, -0.2) is 49.7 Å². The second-order valence-corrected chi connectivity index (χ2v) is 5.96. The van der Waals surface area contributed by atoms with Crippen LogP contribution in [0.5, 0.6) is 5.75 Å². The average Bonchev–Trinajstić information content (AvgIpc) is 3.44. The Bertz CT molecular complexity index is 1110. The number of aromatic nitrogens is 6. The number of para-hydroxylation sites is 1. The Kier molecular flexibility index (Phi) is 5.23. The number of carbonyl (C=O) groups excluding carboxylic acids is 1. The Labute approximate surface area is 165 Å². The largest absolute Gasteiger partial charge is 0.496 e. The first-order chi connectivity index (χ1) is 14.2. The van der Waals surface area contributed by atoms with E-state index in [0.29, 0.717) is 41.6 Å². The summed E-state index contributed by atoms with van der Waals surface area (Å²) in [6.45, 7) is 0.790. The highest BCUT2D eigenvalue weighted by atomic mass is 16.5. The molecule has 0 aliphatic heterocycles. The number of nitrogens with one attached hydrogen (secondary N) is 1. The van der Waals surface area contributed by atoms with Gasteiger partial charge in [0.1, 0.15) is 11.4 Å². The molecule has 1 N–H and O–H groups in total. The minimum absolute atomic E-state index is 0.223. The van der Waals surface area contributed by atoms with Gasteiger partial charge in [-0.2, -0.15) is 4.98 Å². The molecule has 3 heterocycles. The van der Waals surface area contributed by atoms with Gasteiger partial charge >= 0.3 is 0 Å². The van der Waals surface area contributed by atoms with Crippen LogP contribution < -0.4 is 10.1 Å². The first kappa shape index (κ1) is 18.3. The lowest BCUT2D eigenvalue weighted by Gasteiger charge is -2.08. The van der Waals surface area contributed by atoms with E-state index in [0.717, 1.165) is 0 Å². The third-order valence-corrected chi connectivity index (χ3v) is 4.06. The Morgan fingerprint density at radius 2 is 2.03 bits per heavy atom. The molecular weight excluding hydrogens is 374 g/mol. The molecule has 0 fully saturated rings. The van der Waals surface area contributed by atoms with Gasteiger partial charge in [-0.25, -0.2) is 4.68 Å². The number of carbonyl (C=O) groups is 1. The van der Waals surface area contributed by atoms with Crippen molar-refractivity contribution in [2.24, 2.45) is 0 Å². The first-order valence-corrected chi connectivity index (χ1v) is 8.81. The fourth-order valence-electron chi connectivity index (χ4n) is 2.64. The maximum Gasteiger partial charge on any atom is 0.280 e. The molecule has 0 bridgehead atoms. The molecule has 0 aliphatic carbocycles. The number of hydrogen-bond acceptors (Lipinski definition) is 8. The Morgan fingerprint density at radius 1 is 1.17 bits per heavy atom. The van der Waals surface area contributed by atoms with Gasteiger partial charge in [-0.05, 0) is 24.3 Å². The van der Waals surface area contributed by atoms with Gasteiger partial charge in [0.25, 0.3) is 11.8 Å². The van der Waals surface area contributed by atoms with Gasteiger partial charge in [0, 0.05) is 12.7 Å². The van der Waals surface area contributed by atoms with Crippen molar-refractivity contribution in [2.45, 2.75) is 6.54 Å². The molecule has 146 valence electrons. The lowest BCUT2D eigenvalue weighted by molar-refractivity contribution is 0.0949. The summed E-state index contributed by atoms with van der Waals surface area (Å²) < 4.78 is 12.0. The summed E-state index contributed by atoms with van der Waals surface area (Å²) in [6, 6.07) is 12.5. The normalized spacial score (nSPS) is 10.7. The van der Waals surface area contributed by atoms with Crippen molar-refractivity contribution in [2.75, 3.05) is 13.7 Å². The molecular formula is C19H17N7O3. The second kappa shape index (κ2) is 8.30. The molecule has 0 saturated heterocycles. The fourth-order valence-corrected chi connectivity index (χ4v) is 2.64. The molecule has 0 unspecified atom stereocenters. The zero-order valence-electron chi connectivity index (χ0n) is 15.5. The molecule has 4 aromatic rings. The van der Waals surface area contributed by atoms with Crippen molar-refractivity contribution >= 4 is 5.91 Å². The number of nitrogens with zero attached hydrogens (tertiary/aromatic N) is 6. The van der Waals surface area contributed by atoms with Crippen molar-refractivity contribution < 1.29 is 14.1 Å². The summed E-state index contributed by atoms with van der Waals surface area (Å²) in [5.74, 6) is 0.919. The van der Waals surface area contributed by atoms with E-state index >= 15 is 0 Å². The third kappa shape index (κ3) is 4.10. The zero-order valence-corrected chi connectivity index (χ0v) is 15.5. The topological polar surface area (TPSA) is 121 Å². The molecule has 0 spiro atoms. The van der Waals surface area contributed by atoms with Crippen molar-refractivity contribution in [3.8, 4) is 28.9 Å². The van der Waals surface area contributed by atoms with E-state index in [2.05, 4.69) is 30.8 Å². The van der Waals surface area contributed by atoms with Crippen LogP contribution >= 0.6 is 0 Å². The third-order valence-electron chi connectivity index (χ3n) is 4.06. The summed E-state index contributed by atoms with van der Waals surface area (Å²) >= 11 is 0. The van der Waals surface area contributed by atoms with Gasteiger partial charge in [0.2, 0.25) is 5.82 Å². The van der Waals surface area contributed by atoms with Crippen LogP contribution in [-0.2, 0) is 6.54 Å². The van der Waals surface area contributed by atoms with Crippen LogP contribution in [0.3, 0.4) is 0 Å². The number of pyridine rings is 1. The molecule has 10 heteroatoms. The van der Waals surface area contributed by atoms with Crippen LogP contribution in [0.2, 0.25) is 0 Å². The number of rotatable bonds is 7. The number of amides is 1. The van der Waals surface area contributed by atoms with E-state index in [-0.39, 0.29) is 11.8 Å². The summed E-state index contributed by atoms with van der Waals surface area (Å²) in [5, 5.41) is 14.8. The number of ether oxygens (including phenoxy) is 1. The van der Waals surface area contributed by atoms with Crippen LogP contribution in [0, 0.1) is 0 Å². The van der Waals surface area contributed by atoms with Gasteiger partial charge in [0.15, 0.2) is 5.69 Å². The molecule has 0 radical (unpaired) electrons. The molecule has 1 amide bonds. The SMILES string of the molecule is COc1ccccc1C(=O)NCCn1cc(-c2nc(-c3ccccn3)no2)nn1. The maximum absolute atomic E-state index is 12.3. The van der Waals surface area contributed by atoms with Crippen LogP contribution in [0.4, 0.5) is 0 Å². The summed E-state index contributed by atoms with van der Waals surface area (Å²) in [5.41, 5.74) is 1.52. The van der Waals surface area contributed by atoms with Crippen molar-refractivity contribution in [3.63, 3.8) is 0 Å². The van der Waals surface area contributed by atoms with Crippen molar-refractivity contribution in [3.05, 3.63) is 60.4 Å². The smallest absolute Gasteiger partial charge is 0.280 e. The maximum atomic E-state index is 12.3. The quantitative estimate of drug-likeness (QED) is 0.506. The lowest BCUT2D eigenvalue weighted by atomic mass is 10.2. The van der Waals surface area contributed by atoms with Gasteiger partial charge in [-0.1, -0.05) is 28.6 Å². The monoisotopic (exact) mass is 391 g/mol. The standard InChI is InChI=1S/C19H17N7O3/c1-28-16-8-3-2-6-13(16)18(27)21-10-11-26-12-15(23-25-26)19-22-17(24-29-19)14-7-4-5-9-20-14/h2-9,12H,10-11H2,1H3,(H,21,27). The molecule has 0 saturated carbocycles. The zero-order chi connectivity index (χ0) is 20.1.